The molecule has 184 valence electrons. The lowest BCUT2D eigenvalue weighted by atomic mass is 10.1. The zero-order chi connectivity index (χ0) is 24.7. The maximum Gasteiger partial charge on any atom is 0.262 e. The van der Waals surface area contributed by atoms with Gasteiger partial charge in [0.2, 0.25) is 10.0 Å². The Balaban J connectivity index is 1.53. The van der Waals surface area contributed by atoms with Crippen LogP contribution in [0.2, 0.25) is 0 Å². The predicted octanol–water partition coefficient (Wildman–Crippen LogP) is 0.586. The van der Waals surface area contributed by atoms with Crippen LogP contribution in [0.1, 0.15) is 15.9 Å². The lowest BCUT2D eigenvalue weighted by Crippen LogP contribution is -2.58. The fourth-order valence-corrected chi connectivity index (χ4v) is 4.38. The molecule has 1 fully saturated rings. The van der Waals surface area contributed by atoms with E-state index in [-0.39, 0.29) is 45.1 Å². The molecule has 0 spiro atoms. The summed E-state index contributed by atoms with van der Waals surface area (Å²) >= 11 is 0. The second-order valence-electron chi connectivity index (χ2n) is 7.84. The molecule has 0 bridgehead atoms. The predicted molar refractivity (Wildman–Crippen MR) is 121 cm³/mol. The van der Waals surface area contributed by atoms with E-state index < -0.39 is 27.9 Å². The molecular formula is C22H27FN4O6S. The Bertz CT molecular complexity index is 1090. The molecule has 1 aliphatic rings. The van der Waals surface area contributed by atoms with Crippen molar-refractivity contribution in [2.45, 2.75) is 12.6 Å². The van der Waals surface area contributed by atoms with E-state index >= 15 is 0 Å². The second kappa shape index (κ2) is 11.4. The highest BCUT2D eigenvalue weighted by molar-refractivity contribution is 7.88. The summed E-state index contributed by atoms with van der Waals surface area (Å²) in [5.41, 5.74) is 2.75. The van der Waals surface area contributed by atoms with Crippen LogP contribution in [0.15, 0.2) is 48.5 Å². The van der Waals surface area contributed by atoms with Crippen LogP contribution in [0.4, 0.5) is 4.39 Å². The Morgan fingerprint density at radius 3 is 2.24 bits per heavy atom. The van der Waals surface area contributed by atoms with E-state index in [9.17, 15) is 22.4 Å². The Kier molecular flexibility index (Phi) is 8.56. The van der Waals surface area contributed by atoms with Gasteiger partial charge in [0.15, 0.2) is 0 Å². The van der Waals surface area contributed by atoms with Crippen LogP contribution < -0.4 is 15.5 Å². The number of benzene rings is 2. The highest BCUT2D eigenvalue weighted by Crippen LogP contribution is 2.15. The van der Waals surface area contributed by atoms with Crippen molar-refractivity contribution < 1.29 is 32.3 Å². The summed E-state index contributed by atoms with van der Waals surface area (Å²) in [5, 5.41) is 11.8. The number of nitrogens with one attached hydrogen (secondary N) is 2. The van der Waals surface area contributed by atoms with Crippen molar-refractivity contribution in [2.75, 3.05) is 39.0 Å². The first-order valence-corrected chi connectivity index (χ1v) is 12.4. The normalized spacial score (nSPS) is 16.0. The molecular weight excluding hydrogens is 467 g/mol. The van der Waals surface area contributed by atoms with Gasteiger partial charge in [0.1, 0.15) is 24.2 Å². The second-order valence-corrected chi connectivity index (χ2v) is 9.82. The van der Waals surface area contributed by atoms with Crippen LogP contribution in [0.3, 0.4) is 0 Å². The van der Waals surface area contributed by atoms with E-state index in [0.717, 1.165) is 11.8 Å². The Hall–Kier alpha value is -3.06. The van der Waals surface area contributed by atoms with Crippen LogP contribution in [-0.4, -0.2) is 79.7 Å². The first-order chi connectivity index (χ1) is 16.2. The third-order valence-corrected chi connectivity index (χ3v) is 6.79. The molecule has 1 aliphatic heterocycles. The molecule has 0 unspecified atom stereocenters. The summed E-state index contributed by atoms with van der Waals surface area (Å²) in [4.78, 5) is 26.4. The molecule has 0 radical (unpaired) electrons. The van der Waals surface area contributed by atoms with Gasteiger partial charge in [0.05, 0.1) is 6.26 Å². The Labute approximate surface area is 197 Å². The zero-order valence-electron chi connectivity index (χ0n) is 18.6. The van der Waals surface area contributed by atoms with Gasteiger partial charge in [-0.05, 0) is 42.0 Å². The third kappa shape index (κ3) is 6.97. The van der Waals surface area contributed by atoms with Gasteiger partial charge < -0.3 is 10.1 Å². The number of halogens is 1. The van der Waals surface area contributed by atoms with Gasteiger partial charge in [-0.2, -0.15) is 4.31 Å². The van der Waals surface area contributed by atoms with Gasteiger partial charge in [-0.25, -0.2) is 18.3 Å². The standard InChI is InChI=1S/C22H27FN4O6S/c1-34(31,32)27-12-10-26(11-13-27)20(22(29)25-30)14-24-21(28)17-4-8-19(9-5-17)33-15-16-2-6-18(23)7-3-16/h2-9,20,30H,10-15H2,1H3,(H,24,28)(H,25,29)/t20-/m0/s1. The van der Waals surface area contributed by atoms with Crippen molar-refractivity contribution in [3.63, 3.8) is 0 Å². The molecule has 1 saturated heterocycles. The minimum atomic E-state index is -3.33. The van der Waals surface area contributed by atoms with Crippen molar-refractivity contribution >= 4 is 21.8 Å². The van der Waals surface area contributed by atoms with E-state index in [4.69, 9.17) is 9.94 Å². The number of piperazine rings is 1. The van der Waals surface area contributed by atoms with Crippen molar-refractivity contribution in [3.8, 4) is 5.75 Å². The highest BCUT2D eigenvalue weighted by Gasteiger charge is 2.31. The average molecular weight is 495 g/mol. The van der Waals surface area contributed by atoms with E-state index in [0.29, 0.717) is 11.3 Å². The summed E-state index contributed by atoms with van der Waals surface area (Å²) in [6, 6.07) is 11.5. The van der Waals surface area contributed by atoms with Gasteiger partial charge in [0, 0.05) is 38.3 Å². The van der Waals surface area contributed by atoms with Crippen molar-refractivity contribution in [3.05, 3.63) is 65.5 Å². The number of carbonyl (C=O) groups is 2. The van der Waals surface area contributed by atoms with Gasteiger partial charge in [-0.1, -0.05) is 12.1 Å². The molecule has 3 N–H and O–H groups in total. The van der Waals surface area contributed by atoms with Crippen LogP contribution in [0.5, 0.6) is 5.75 Å². The quantitative estimate of drug-likeness (QED) is 0.344. The molecule has 2 aromatic rings. The van der Waals surface area contributed by atoms with E-state index in [2.05, 4.69) is 5.32 Å². The maximum atomic E-state index is 13.0. The summed E-state index contributed by atoms with van der Waals surface area (Å²) < 4.78 is 43.3. The van der Waals surface area contributed by atoms with Crippen LogP contribution in [-0.2, 0) is 21.4 Å². The number of hydrogen-bond acceptors (Lipinski definition) is 7. The van der Waals surface area contributed by atoms with Gasteiger partial charge in [-0.15, -0.1) is 0 Å². The molecule has 0 aromatic heterocycles. The maximum absolute atomic E-state index is 13.0. The summed E-state index contributed by atoms with van der Waals surface area (Å²) in [6.07, 6.45) is 1.12. The number of hydroxylamine groups is 1. The van der Waals surface area contributed by atoms with Crippen LogP contribution in [0, 0.1) is 5.82 Å². The molecule has 2 amide bonds. The molecule has 1 atom stereocenters. The number of rotatable bonds is 9. The van der Waals surface area contributed by atoms with Gasteiger partial charge in [0.25, 0.3) is 11.8 Å². The lowest BCUT2D eigenvalue weighted by molar-refractivity contribution is -0.135. The molecule has 12 heteroatoms. The molecule has 1 heterocycles. The SMILES string of the molecule is CS(=O)(=O)N1CCN([C@@H](CNC(=O)c2ccc(OCc3ccc(F)cc3)cc2)C(=O)NO)CC1. The number of sulfonamides is 1. The zero-order valence-corrected chi connectivity index (χ0v) is 19.4. The van der Waals surface area contributed by atoms with E-state index in [1.807, 2.05) is 0 Å². The van der Waals surface area contributed by atoms with Crippen molar-refractivity contribution in [1.29, 1.82) is 0 Å². The topological polar surface area (TPSA) is 128 Å². The fourth-order valence-electron chi connectivity index (χ4n) is 3.55. The third-order valence-electron chi connectivity index (χ3n) is 5.49. The molecule has 0 saturated carbocycles. The highest BCUT2D eigenvalue weighted by atomic mass is 32.2. The van der Waals surface area contributed by atoms with Gasteiger partial charge >= 0.3 is 0 Å². The van der Waals surface area contributed by atoms with Gasteiger partial charge in [-0.3, -0.25) is 19.7 Å². The van der Waals surface area contributed by atoms with Crippen molar-refractivity contribution in [1.82, 2.24) is 20.0 Å². The van der Waals surface area contributed by atoms with E-state index in [1.54, 1.807) is 46.8 Å². The molecule has 10 nitrogen and oxygen atoms in total. The average Bonchev–Trinajstić information content (AvgIpc) is 2.83. The van der Waals surface area contributed by atoms with Crippen LogP contribution in [0.25, 0.3) is 0 Å². The number of ether oxygens (including phenoxy) is 1. The Morgan fingerprint density at radius 1 is 1.06 bits per heavy atom. The minimum absolute atomic E-state index is 0.0765. The number of nitrogens with zero attached hydrogens (tertiary/aromatic N) is 2. The first-order valence-electron chi connectivity index (χ1n) is 10.6. The first kappa shape index (κ1) is 25.6. The number of hydrogen-bond donors (Lipinski definition) is 3. The summed E-state index contributed by atoms with van der Waals surface area (Å²) in [6.45, 7) is 1.15. The molecule has 0 aliphatic carbocycles. The Morgan fingerprint density at radius 2 is 1.68 bits per heavy atom. The van der Waals surface area contributed by atoms with Crippen molar-refractivity contribution in [2.24, 2.45) is 0 Å². The summed E-state index contributed by atoms with van der Waals surface area (Å²) in [7, 11) is -3.33. The molecule has 3 rings (SSSR count). The van der Waals surface area contributed by atoms with Crippen LogP contribution >= 0.6 is 0 Å². The van der Waals surface area contributed by atoms with E-state index in [1.165, 1.54) is 16.4 Å². The minimum Gasteiger partial charge on any atom is -0.489 e. The summed E-state index contributed by atoms with van der Waals surface area (Å²) in [5.74, 6) is -0.913. The fraction of sp³-hybridized carbons (Fsp3) is 0.364. The monoisotopic (exact) mass is 494 g/mol. The number of amides is 2. The lowest BCUT2D eigenvalue weighted by Gasteiger charge is -2.37. The largest absolute Gasteiger partial charge is 0.489 e. The smallest absolute Gasteiger partial charge is 0.262 e. The molecule has 34 heavy (non-hydrogen) atoms. The molecule has 2 aromatic carbocycles. The number of carbonyl (C=O) groups excluding carboxylic acids is 2.